The minimum atomic E-state index is -1.27. The van der Waals surface area contributed by atoms with Crippen molar-refractivity contribution in [1.82, 2.24) is 4.90 Å². The van der Waals surface area contributed by atoms with E-state index >= 15 is 0 Å². The lowest BCUT2D eigenvalue weighted by molar-refractivity contribution is -0.304. The molecule has 0 amide bonds. The average Bonchev–Trinajstić information content (AvgIpc) is 2.93. The molecule has 0 aliphatic carbocycles. The first kappa shape index (κ1) is 37.2. The Bertz CT molecular complexity index is 981. The molecule has 0 bridgehead atoms. The number of ether oxygens (including phenoxy) is 3. The first-order valence-corrected chi connectivity index (χ1v) is 15.4. The van der Waals surface area contributed by atoms with E-state index in [0.717, 1.165) is 6.29 Å². The summed E-state index contributed by atoms with van der Waals surface area (Å²) >= 11 is 0. The number of hydrogen-bond acceptors (Lipinski definition) is 11. The maximum Gasteiger partial charge on any atom is 0.308 e. The van der Waals surface area contributed by atoms with E-state index in [1.807, 2.05) is 6.92 Å². The minimum absolute atomic E-state index is 0.00147. The lowest BCUT2D eigenvalue weighted by Crippen LogP contribution is -2.63. The van der Waals surface area contributed by atoms with Crippen LogP contribution in [-0.4, -0.2) is 113 Å². The van der Waals surface area contributed by atoms with Gasteiger partial charge in [-0.05, 0) is 59.7 Å². The summed E-state index contributed by atoms with van der Waals surface area (Å²) in [6.45, 7) is 10.3. The third-order valence-electron chi connectivity index (χ3n) is 8.84. The molecular formula is C32H53NO10. The Balaban J connectivity index is 2.54. The summed E-state index contributed by atoms with van der Waals surface area (Å²) in [5, 5.41) is 43.6. The molecule has 2 heterocycles. The number of nitrogens with zero attached hydrogens (tertiary/aromatic N) is 1. The fraction of sp³-hybridized carbons (Fsp3) is 0.781. The van der Waals surface area contributed by atoms with E-state index in [1.54, 1.807) is 65.8 Å². The largest absolute Gasteiger partial charge is 0.462 e. The summed E-state index contributed by atoms with van der Waals surface area (Å²) in [6, 6.07) is -0.713. The molecule has 2 rings (SSSR count). The van der Waals surface area contributed by atoms with E-state index in [9.17, 15) is 34.8 Å². The second kappa shape index (κ2) is 16.9. The molecule has 0 radical (unpaired) electrons. The lowest BCUT2D eigenvalue weighted by atomic mass is 9.79. The van der Waals surface area contributed by atoms with Gasteiger partial charge in [0, 0.05) is 24.2 Å². The molecule has 246 valence electrons. The molecule has 0 aromatic heterocycles. The lowest BCUT2D eigenvalue weighted by Gasteiger charge is -2.46. The first-order valence-electron chi connectivity index (χ1n) is 15.4. The normalized spacial score (nSPS) is 41.7. The summed E-state index contributed by atoms with van der Waals surface area (Å²) in [6.07, 6.45) is -1.99. The zero-order valence-corrected chi connectivity index (χ0v) is 26.8. The number of likely N-dealkylation sites (N-methyl/N-ethyl adjacent to an activating group) is 1. The van der Waals surface area contributed by atoms with E-state index < -0.39 is 84.7 Å². The molecule has 0 aromatic carbocycles. The van der Waals surface area contributed by atoms with E-state index in [1.165, 1.54) is 6.08 Å². The predicted octanol–water partition coefficient (Wildman–Crippen LogP) is 1.79. The molecule has 2 aliphatic heterocycles. The van der Waals surface area contributed by atoms with Crippen molar-refractivity contribution in [3.05, 3.63) is 23.8 Å². The number of esters is 1. The number of carbonyl (C=O) groups excluding carboxylic acids is 3. The Morgan fingerprint density at radius 3 is 2.33 bits per heavy atom. The van der Waals surface area contributed by atoms with E-state index in [-0.39, 0.29) is 25.0 Å². The number of carbonyl (C=O) groups is 3. The van der Waals surface area contributed by atoms with Gasteiger partial charge in [-0.2, -0.15) is 0 Å². The number of rotatable bonds is 7. The van der Waals surface area contributed by atoms with Crippen LogP contribution >= 0.6 is 0 Å². The minimum Gasteiger partial charge on any atom is -0.462 e. The zero-order valence-electron chi connectivity index (χ0n) is 26.8. The van der Waals surface area contributed by atoms with Gasteiger partial charge in [-0.15, -0.1) is 0 Å². The number of allylic oxidation sites excluding steroid dienone is 3. The van der Waals surface area contributed by atoms with Crippen LogP contribution in [0.2, 0.25) is 0 Å². The highest BCUT2D eigenvalue weighted by Crippen LogP contribution is 2.34. The Morgan fingerprint density at radius 1 is 1.12 bits per heavy atom. The van der Waals surface area contributed by atoms with Crippen LogP contribution < -0.4 is 0 Å². The molecule has 2 aliphatic rings. The molecule has 0 spiro atoms. The molecule has 43 heavy (non-hydrogen) atoms. The molecule has 11 heteroatoms. The van der Waals surface area contributed by atoms with Gasteiger partial charge in [0.15, 0.2) is 12.1 Å². The molecule has 0 saturated carbocycles. The van der Waals surface area contributed by atoms with Gasteiger partial charge in [0.05, 0.1) is 43.0 Å². The molecule has 13 atom stereocenters. The van der Waals surface area contributed by atoms with Gasteiger partial charge < -0.3 is 44.3 Å². The van der Waals surface area contributed by atoms with Crippen LogP contribution in [-0.2, 0) is 28.6 Å². The number of aliphatic hydroxyl groups excluding tert-OH is 4. The fourth-order valence-electron chi connectivity index (χ4n) is 6.14. The molecule has 1 saturated heterocycles. The van der Waals surface area contributed by atoms with Crippen molar-refractivity contribution in [2.45, 2.75) is 122 Å². The SMILES string of the molecule is CCC1OC(=O)CC(O)C(C)C(OC2OC(C)C(O)C(N(C)C)C2O)C(CC=O)CC(C)C(=O)/C=C/C(C)=C/C1C(C)O. The number of ketones is 1. The Hall–Kier alpha value is -1.99. The van der Waals surface area contributed by atoms with Crippen LogP contribution in [0.25, 0.3) is 0 Å². The van der Waals surface area contributed by atoms with Gasteiger partial charge in [0.25, 0.3) is 0 Å². The fourth-order valence-corrected chi connectivity index (χ4v) is 6.14. The number of aliphatic hydroxyl groups is 4. The third-order valence-corrected chi connectivity index (χ3v) is 8.84. The van der Waals surface area contributed by atoms with Gasteiger partial charge in [0.1, 0.15) is 18.5 Å². The van der Waals surface area contributed by atoms with E-state index in [4.69, 9.17) is 14.2 Å². The summed E-state index contributed by atoms with van der Waals surface area (Å²) in [4.78, 5) is 39.8. The topological polar surface area (TPSA) is 163 Å². The van der Waals surface area contributed by atoms with Crippen molar-refractivity contribution in [1.29, 1.82) is 0 Å². The smallest absolute Gasteiger partial charge is 0.308 e. The van der Waals surface area contributed by atoms with Crippen molar-refractivity contribution >= 4 is 18.0 Å². The summed E-state index contributed by atoms with van der Waals surface area (Å²) < 4.78 is 18.0. The highest BCUT2D eigenvalue weighted by Gasteiger charge is 2.47. The van der Waals surface area contributed by atoms with Crippen LogP contribution in [0.4, 0.5) is 0 Å². The highest BCUT2D eigenvalue weighted by atomic mass is 16.7. The Kier molecular flexibility index (Phi) is 14.6. The van der Waals surface area contributed by atoms with Crippen molar-refractivity contribution in [3.63, 3.8) is 0 Å². The average molecular weight is 612 g/mol. The van der Waals surface area contributed by atoms with Crippen LogP contribution in [0, 0.1) is 23.7 Å². The van der Waals surface area contributed by atoms with Crippen molar-refractivity contribution < 1.29 is 49.0 Å². The molecule has 1 fully saturated rings. The number of aldehydes is 1. The van der Waals surface area contributed by atoms with Crippen molar-refractivity contribution in [3.8, 4) is 0 Å². The zero-order chi connectivity index (χ0) is 32.6. The van der Waals surface area contributed by atoms with Gasteiger partial charge in [-0.3, -0.25) is 9.59 Å². The van der Waals surface area contributed by atoms with Crippen LogP contribution in [0.3, 0.4) is 0 Å². The van der Waals surface area contributed by atoms with Gasteiger partial charge in [-0.25, -0.2) is 0 Å². The third kappa shape index (κ3) is 10.0. The van der Waals surface area contributed by atoms with Crippen molar-refractivity contribution in [2.75, 3.05) is 14.1 Å². The monoisotopic (exact) mass is 611 g/mol. The van der Waals surface area contributed by atoms with Gasteiger partial charge in [-0.1, -0.05) is 38.5 Å². The van der Waals surface area contributed by atoms with E-state index in [2.05, 4.69) is 0 Å². The van der Waals surface area contributed by atoms with Crippen LogP contribution in [0.1, 0.15) is 67.2 Å². The molecule has 0 aromatic rings. The molecular weight excluding hydrogens is 558 g/mol. The Labute approximate surface area is 255 Å². The maximum absolute atomic E-state index is 13.2. The molecule has 13 unspecified atom stereocenters. The second-order valence-electron chi connectivity index (χ2n) is 12.6. The van der Waals surface area contributed by atoms with Gasteiger partial charge >= 0.3 is 5.97 Å². The molecule has 4 N–H and O–H groups in total. The van der Waals surface area contributed by atoms with Gasteiger partial charge in [0.2, 0.25) is 0 Å². The van der Waals surface area contributed by atoms with Crippen molar-refractivity contribution in [2.24, 2.45) is 23.7 Å². The summed E-state index contributed by atoms with van der Waals surface area (Å²) in [5.41, 5.74) is 0.711. The quantitative estimate of drug-likeness (QED) is 0.245. The number of cyclic esters (lactones) is 1. The van der Waals surface area contributed by atoms with Crippen LogP contribution in [0.5, 0.6) is 0 Å². The van der Waals surface area contributed by atoms with Crippen LogP contribution in [0.15, 0.2) is 23.8 Å². The number of hydrogen-bond donors (Lipinski definition) is 4. The molecule has 11 nitrogen and oxygen atoms in total. The standard InChI is InChI=1S/C32H53NO10/c1-9-26-23(20(5)35)14-17(2)10-11-24(36)18(3)15-22(12-13-34)31(19(4)25(37)16-27(38)42-26)43-32-30(40)28(33(7)8)29(39)21(6)41-32/h10-11,13-14,18-23,25-26,28-32,35,37,39-40H,9,12,15-16H2,1-8H3/b11-10+,17-14+. The first-order chi connectivity index (χ1) is 20.1. The summed E-state index contributed by atoms with van der Waals surface area (Å²) in [7, 11) is 3.43. The highest BCUT2D eigenvalue weighted by molar-refractivity contribution is 5.91. The summed E-state index contributed by atoms with van der Waals surface area (Å²) in [5.74, 6) is -3.21. The predicted molar refractivity (Wildman–Crippen MR) is 160 cm³/mol. The second-order valence-corrected chi connectivity index (χ2v) is 12.6. The van der Waals surface area contributed by atoms with E-state index in [0.29, 0.717) is 12.0 Å². The Morgan fingerprint density at radius 2 is 1.77 bits per heavy atom. The maximum atomic E-state index is 13.2.